The van der Waals surface area contributed by atoms with Crippen LogP contribution in [0.25, 0.3) is 21.5 Å². The van der Waals surface area contributed by atoms with Crippen molar-refractivity contribution in [3.05, 3.63) is 154 Å². The van der Waals surface area contributed by atoms with Gasteiger partial charge < -0.3 is 20.1 Å². The fraction of sp³-hybridized carbons (Fsp3) is 0.320. The van der Waals surface area contributed by atoms with Gasteiger partial charge in [0, 0.05) is 56.8 Å². The van der Waals surface area contributed by atoms with Crippen molar-refractivity contribution in [3.63, 3.8) is 0 Å². The van der Waals surface area contributed by atoms with E-state index in [0.29, 0.717) is 44.5 Å². The largest absolute Gasteiger partial charge is 1.00 e. The summed E-state index contributed by atoms with van der Waals surface area (Å²) in [5.41, 5.74) is 14.9. The topological polar surface area (TPSA) is 144 Å². The Bertz CT molecular complexity index is 2850. The number of hydrogen-bond donors (Lipinski definition) is 2. The molecule has 0 saturated heterocycles. The molecule has 324 valence electrons. The Morgan fingerprint density at radius 2 is 1.44 bits per heavy atom. The van der Waals surface area contributed by atoms with E-state index in [4.69, 9.17) is 5.73 Å². The van der Waals surface area contributed by atoms with Crippen LogP contribution in [0.5, 0.6) is 0 Å². The van der Waals surface area contributed by atoms with Crippen molar-refractivity contribution in [1.82, 2.24) is 0 Å². The van der Waals surface area contributed by atoms with Crippen LogP contribution in [0.1, 0.15) is 69.9 Å². The standard InChI is InChI=1S/C50H55N3O6S3.Na/c1-50(2)47(53(31-8-10-33-62(57,58)59)46-28-20-36-13-4-6-17-43(36)48(46)50)29-21-38-15-11-14-37(49(38)60-41-25-22-39(51)23-26-41)18-24-40-34-44-42-16-5-3-12-35(42)19-27-45(44)52(40)30-7-9-32-61(54,55)56;/h3-6,12-13,16-29,40H,7-11,14-15,30-34,51H2,1-2H3,(H,54,55,56)(H,57,58,59);/q;+1/p-1/b24-18+,38-21+,47-29+;. The molecule has 0 spiro atoms. The molecule has 0 bridgehead atoms. The van der Waals surface area contributed by atoms with Gasteiger partial charge in [-0.05, 0) is 138 Å². The molecule has 2 aliphatic heterocycles. The van der Waals surface area contributed by atoms with Crippen LogP contribution >= 0.6 is 11.8 Å². The van der Waals surface area contributed by atoms with Crippen molar-refractivity contribution < 1.29 is 55.5 Å². The van der Waals surface area contributed by atoms with Crippen molar-refractivity contribution >= 4 is 70.6 Å². The number of nitrogens with zero attached hydrogens (tertiary/aromatic N) is 2. The molecule has 1 atom stereocenters. The van der Waals surface area contributed by atoms with Gasteiger partial charge in [0.05, 0.1) is 21.9 Å². The normalized spacial score (nSPS) is 18.8. The van der Waals surface area contributed by atoms with E-state index in [2.05, 4.69) is 133 Å². The first kappa shape index (κ1) is 47.1. The van der Waals surface area contributed by atoms with Crippen molar-refractivity contribution in [2.75, 3.05) is 40.1 Å². The number of thioether (sulfide) groups is 1. The molecule has 8 rings (SSSR count). The van der Waals surface area contributed by atoms with Crippen LogP contribution in [-0.2, 0) is 32.1 Å². The number of nitrogens with two attached hydrogens (primary N) is 1. The maximum atomic E-state index is 11.5. The smallest absolute Gasteiger partial charge is 0.748 e. The van der Waals surface area contributed by atoms with E-state index < -0.39 is 20.2 Å². The molecule has 3 aliphatic rings. The SMILES string of the molecule is CC1(C)/C(=C\C=C2/CCCC(/C=C/C3Cc4c(ccc5ccccc45)N3CCCCS(=O)(=O)O)=C2Sc2ccc(N)cc2)N(CCCCS(=O)(=O)[O-])c2ccc3ccccc3c21.[Na+]. The maximum absolute atomic E-state index is 11.5. The van der Waals surface area contributed by atoms with Gasteiger partial charge in [-0.1, -0.05) is 105 Å². The number of nitrogen functional groups attached to an aromatic ring is 1. The van der Waals surface area contributed by atoms with Crippen LogP contribution in [0.4, 0.5) is 17.1 Å². The third-order valence-corrected chi connectivity index (χ3v) is 15.3. The molecular formula is C50H54N3NaO6S3. The van der Waals surface area contributed by atoms with Crippen molar-refractivity contribution in [2.24, 2.45) is 0 Å². The predicted molar refractivity (Wildman–Crippen MR) is 255 cm³/mol. The summed E-state index contributed by atoms with van der Waals surface area (Å²) >= 11 is 1.75. The molecule has 63 heavy (non-hydrogen) atoms. The molecule has 0 fully saturated rings. The van der Waals surface area contributed by atoms with Gasteiger partial charge in [0.15, 0.2) is 0 Å². The minimum atomic E-state index is -4.30. The van der Waals surface area contributed by atoms with Gasteiger partial charge in [0.25, 0.3) is 10.1 Å². The summed E-state index contributed by atoms with van der Waals surface area (Å²) in [6, 6.07) is 33.6. The molecule has 0 aromatic heterocycles. The molecule has 0 amide bonds. The number of rotatable bonds is 15. The van der Waals surface area contributed by atoms with E-state index in [0.717, 1.165) is 42.0 Å². The number of anilines is 3. The molecule has 5 aromatic carbocycles. The molecule has 1 aliphatic carbocycles. The summed E-state index contributed by atoms with van der Waals surface area (Å²) in [4.78, 5) is 7.02. The van der Waals surface area contributed by atoms with E-state index in [-0.39, 0.29) is 52.5 Å². The minimum absolute atomic E-state index is 0. The first-order chi connectivity index (χ1) is 29.7. The number of fused-ring (bicyclic) bond motifs is 6. The molecule has 3 N–H and O–H groups in total. The average molecular weight is 912 g/mol. The maximum Gasteiger partial charge on any atom is 1.00 e. The van der Waals surface area contributed by atoms with Gasteiger partial charge >= 0.3 is 29.6 Å². The van der Waals surface area contributed by atoms with E-state index in [9.17, 15) is 25.9 Å². The summed E-state index contributed by atoms with van der Waals surface area (Å²) in [5.74, 6) is -0.626. The van der Waals surface area contributed by atoms with Crippen LogP contribution in [0.15, 0.2) is 148 Å². The summed E-state index contributed by atoms with van der Waals surface area (Å²) in [7, 11) is -8.33. The van der Waals surface area contributed by atoms with Gasteiger partial charge in [-0.3, -0.25) is 4.55 Å². The van der Waals surface area contributed by atoms with Gasteiger partial charge in [0.2, 0.25) is 0 Å². The molecule has 0 saturated carbocycles. The zero-order valence-corrected chi connectivity index (χ0v) is 40.7. The monoisotopic (exact) mass is 911 g/mol. The first-order valence-corrected chi connectivity index (χ1v) is 25.5. The van der Waals surface area contributed by atoms with E-state index in [1.807, 2.05) is 12.1 Å². The molecule has 5 aromatic rings. The molecular weight excluding hydrogens is 858 g/mol. The van der Waals surface area contributed by atoms with E-state index in [1.165, 1.54) is 54.4 Å². The number of benzene rings is 5. The summed E-state index contributed by atoms with van der Waals surface area (Å²) in [6.07, 6.45) is 14.7. The summed E-state index contributed by atoms with van der Waals surface area (Å²) in [5, 5.41) is 4.78. The minimum Gasteiger partial charge on any atom is -0.748 e. The zero-order chi connectivity index (χ0) is 43.6. The quantitative estimate of drug-likeness (QED) is 0.0465. The van der Waals surface area contributed by atoms with Crippen LogP contribution in [0, 0.1) is 0 Å². The Balaban J connectivity index is 0.00000595. The Labute approximate surface area is 399 Å². The van der Waals surface area contributed by atoms with Crippen molar-refractivity contribution in [2.45, 2.75) is 81.6 Å². The third kappa shape index (κ3) is 10.8. The first-order valence-electron chi connectivity index (χ1n) is 21.5. The third-order valence-electron chi connectivity index (χ3n) is 12.5. The molecule has 1 unspecified atom stereocenters. The Hall–Kier alpha value is -3.85. The molecule has 9 nitrogen and oxygen atoms in total. The molecule has 13 heteroatoms. The Morgan fingerprint density at radius 1 is 0.794 bits per heavy atom. The molecule has 2 heterocycles. The predicted octanol–water partition coefficient (Wildman–Crippen LogP) is 7.70. The molecule has 0 radical (unpaired) electrons. The second kappa shape index (κ2) is 19.7. The van der Waals surface area contributed by atoms with Gasteiger partial charge in [-0.2, -0.15) is 8.42 Å². The second-order valence-corrected chi connectivity index (χ2v) is 21.3. The van der Waals surface area contributed by atoms with Crippen molar-refractivity contribution in [3.8, 4) is 0 Å². The number of unbranched alkanes of at least 4 members (excludes halogenated alkanes) is 2. The van der Waals surface area contributed by atoms with Gasteiger partial charge in [-0.15, -0.1) is 0 Å². The number of allylic oxidation sites excluding steroid dienone is 6. The Morgan fingerprint density at radius 3 is 2.16 bits per heavy atom. The van der Waals surface area contributed by atoms with Crippen LogP contribution in [0.3, 0.4) is 0 Å². The second-order valence-electron chi connectivity index (χ2n) is 17.2. The summed E-state index contributed by atoms with van der Waals surface area (Å²) < 4.78 is 67.0. The summed E-state index contributed by atoms with van der Waals surface area (Å²) in [6.45, 7) is 5.77. The van der Waals surface area contributed by atoms with Crippen molar-refractivity contribution in [1.29, 1.82) is 0 Å². The number of hydrogen-bond acceptors (Lipinski definition) is 9. The van der Waals surface area contributed by atoms with Gasteiger partial charge in [0.1, 0.15) is 0 Å². The Kier molecular flexibility index (Phi) is 14.7. The average Bonchev–Trinajstić information content (AvgIpc) is 3.70. The van der Waals surface area contributed by atoms with E-state index >= 15 is 0 Å². The van der Waals surface area contributed by atoms with E-state index in [1.54, 1.807) is 11.8 Å². The fourth-order valence-corrected chi connectivity index (χ4v) is 11.8. The van der Waals surface area contributed by atoms with Crippen LogP contribution < -0.4 is 45.1 Å². The zero-order valence-electron chi connectivity index (χ0n) is 36.3. The van der Waals surface area contributed by atoms with Crippen LogP contribution in [0.2, 0.25) is 0 Å². The van der Waals surface area contributed by atoms with Crippen LogP contribution in [-0.4, -0.2) is 56.6 Å². The van der Waals surface area contributed by atoms with Gasteiger partial charge in [-0.25, -0.2) is 8.42 Å². The fourth-order valence-electron chi connectivity index (χ4n) is 9.57.